The molecule has 0 spiro atoms. The molecule has 3 nitrogen and oxygen atoms in total. The minimum atomic E-state index is -1.75. The summed E-state index contributed by atoms with van der Waals surface area (Å²) in [4.78, 5) is 11.4. The first kappa shape index (κ1) is 16.7. The summed E-state index contributed by atoms with van der Waals surface area (Å²) in [5.74, 6) is -1.16. The van der Waals surface area contributed by atoms with Crippen molar-refractivity contribution in [3.63, 3.8) is 0 Å². The Kier molecular flexibility index (Phi) is 7.31. The molecule has 1 aromatic rings. The third-order valence-electron chi connectivity index (χ3n) is 3.75. The van der Waals surface area contributed by atoms with Crippen molar-refractivity contribution in [3.8, 4) is 0 Å². The lowest BCUT2D eigenvalue weighted by Gasteiger charge is -2.23. The molecule has 3 heteroatoms. The summed E-state index contributed by atoms with van der Waals surface area (Å²) < 4.78 is 0. The SMILES string of the molecule is CCCCCCCCCC(O)(C(=O)O)c1ccccc1. The molecule has 112 valence electrons. The molecule has 0 saturated carbocycles. The van der Waals surface area contributed by atoms with E-state index in [1.54, 1.807) is 24.3 Å². The van der Waals surface area contributed by atoms with Gasteiger partial charge in [0.25, 0.3) is 0 Å². The van der Waals surface area contributed by atoms with Gasteiger partial charge >= 0.3 is 5.97 Å². The summed E-state index contributed by atoms with van der Waals surface area (Å²) in [7, 11) is 0. The molecule has 1 aromatic carbocycles. The standard InChI is InChI=1S/C17H26O3/c1-2-3-4-5-6-7-11-14-17(20,16(18)19)15-12-9-8-10-13-15/h8-10,12-13,20H,2-7,11,14H2,1H3,(H,18,19). The number of benzene rings is 1. The van der Waals surface area contributed by atoms with Gasteiger partial charge in [0.15, 0.2) is 5.60 Å². The average molecular weight is 278 g/mol. The molecule has 0 amide bonds. The van der Waals surface area contributed by atoms with Crippen molar-refractivity contribution in [2.75, 3.05) is 0 Å². The van der Waals surface area contributed by atoms with E-state index < -0.39 is 11.6 Å². The molecule has 1 unspecified atom stereocenters. The molecule has 20 heavy (non-hydrogen) atoms. The summed E-state index contributed by atoms with van der Waals surface area (Å²) in [5.41, 5.74) is -1.27. The van der Waals surface area contributed by atoms with Crippen LogP contribution in [0, 0.1) is 0 Å². The minimum absolute atomic E-state index is 0.278. The zero-order valence-corrected chi connectivity index (χ0v) is 12.3. The monoisotopic (exact) mass is 278 g/mol. The molecule has 0 aliphatic heterocycles. The van der Waals surface area contributed by atoms with Crippen LogP contribution in [-0.4, -0.2) is 16.2 Å². The van der Waals surface area contributed by atoms with Gasteiger partial charge in [-0.1, -0.05) is 75.8 Å². The Bertz CT molecular complexity index is 388. The van der Waals surface area contributed by atoms with Crippen LogP contribution < -0.4 is 0 Å². The maximum absolute atomic E-state index is 11.4. The van der Waals surface area contributed by atoms with Crippen LogP contribution >= 0.6 is 0 Å². The summed E-state index contributed by atoms with van der Waals surface area (Å²) >= 11 is 0. The second-order valence-electron chi connectivity index (χ2n) is 5.40. The highest BCUT2D eigenvalue weighted by Gasteiger charge is 2.36. The average Bonchev–Trinajstić information content (AvgIpc) is 2.46. The molecule has 2 N–H and O–H groups in total. The van der Waals surface area contributed by atoms with Crippen LogP contribution in [0.4, 0.5) is 0 Å². The highest BCUT2D eigenvalue weighted by Crippen LogP contribution is 2.28. The van der Waals surface area contributed by atoms with Crippen molar-refractivity contribution in [3.05, 3.63) is 35.9 Å². The maximum atomic E-state index is 11.4. The van der Waals surface area contributed by atoms with Crippen LogP contribution in [0.2, 0.25) is 0 Å². The molecule has 0 saturated heterocycles. The predicted octanol–water partition coefficient (Wildman–Crippen LogP) is 4.10. The van der Waals surface area contributed by atoms with Crippen LogP contribution in [0.5, 0.6) is 0 Å². The fourth-order valence-electron chi connectivity index (χ4n) is 2.43. The molecule has 0 radical (unpaired) electrons. The predicted molar refractivity (Wildman–Crippen MR) is 80.6 cm³/mol. The van der Waals surface area contributed by atoms with Crippen molar-refractivity contribution in [2.24, 2.45) is 0 Å². The Morgan fingerprint density at radius 2 is 1.55 bits per heavy atom. The molecular formula is C17H26O3. The molecule has 1 atom stereocenters. The number of rotatable bonds is 10. The second kappa shape index (κ2) is 8.75. The number of aliphatic carboxylic acids is 1. The molecular weight excluding hydrogens is 252 g/mol. The molecule has 0 bridgehead atoms. The Balaban J connectivity index is 2.43. The third-order valence-corrected chi connectivity index (χ3v) is 3.75. The van der Waals surface area contributed by atoms with E-state index in [0.29, 0.717) is 5.56 Å². The fraction of sp³-hybridized carbons (Fsp3) is 0.588. The van der Waals surface area contributed by atoms with E-state index in [4.69, 9.17) is 0 Å². The first-order valence-electron chi connectivity index (χ1n) is 7.62. The van der Waals surface area contributed by atoms with Gasteiger partial charge < -0.3 is 10.2 Å². The Morgan fingerprint density at radius 1 is 1.00 bits per heavy atom. The van der Waals surface area contributed by atoms with Crippen LogP contribution in [0.1, 0.15) is 63.9 Å². The molecule has 1 rings (SSSR count). The molecule has 0 aliphatic rings. The largest absolute Gasteiger partial charge is 0.479 e. The van der Waals surface area contributed by atoms with Gasteiger partial charge in [-0.2, -0.15) is 0 Å². The Hall–Kier alpha value is -1.35. The van der Waals surface area contributed by atoms with Gasteiger partial charge in [0.1, 0.15) is 0 Å². The van der Waals surface area contributed by atoms with E-state index in [-0.39, 0.29) is 6.42 Å². The number of carboxylic acid groups (broad SMARTS) is 1. The Morgan fingerprint density at radius 3 is 2.10 bits per heavy atom. The number of hydrogen-bond acceptors (Lipinski definition) is 2. The van der Waals surface area contributed by atoms with E-state index in [9.17, 15) is 15.0 Å². The molecule has 0 heterocycles. The van der Waals surface area contributed by atoms with Crippen molar-refractivity contribution in [2.45, 2.75) is 63.9 Å². The normalized spacial score (nSPS) is 13.9. The van der Waals surface area contributed by atoms with Gasteiger partial charge in [-0.05, 0) is 18.4 Å². The second-order valence-corrected chi connectivity index (χ2v) is 5.40. The lowest BCUT2D eigenvalue weighted by atomic mass is 9.88. The Labute approximate surface area is 121 Å². The molecule has 0 fully saturated rings. The van der Waals surface area contributed by atoms with Gasteiger partial charge in [-0.3, -0.25) is 0 Å². The smallest absolute Gasteiger partial charge is 0.340 e. The number of carboxylic acids is 1. The van der Waals surface area contributed by atoms with Crippen molar-refractivity contribution < 1.29 is 15.0 Å². The number of unbranched alkanes of at least 4 members (excludes halogenated alkanes) is 6. The van der Waals surface area contributed by atoms with E-state index >= 15 is 0 Å². The van der Waals surface area contributed by atoms with Gasteiger partial charge in [-0.25, -0.2) is 4.79 Å². The highest BCUT2D eigenvalue weighted by atomic mass is 16.4. The summed E-state index contributed by atoms with van der Waals surface area (Å²) in [6, 6.07) is 8.69. The summed E-state index contributed by atoms with van der Waals surface area (Å²) in [5, 5.41) is 19.7. The number of carbonyl (C=O) groups is 1. The van der Waals surface area contributed by atoms with Gasteiger partial charge in [0.2, 0.25) is 0 Å². The third kappa shape index (κ3) is 4.97. The van der Waals surface area contributed by atoms with Gasteiger partial charge in [0, 0.05) is 0 Å². The van der Waals surface area contributed by atoms with Crippen LogP contribution in [-0.2, 0) is 10.4 Å². The topological polar surface area (TPSA) is 57.5 Å². The van der Waals surface area contributed by atoms with Crippen molar-refractivity contribution in [1.29, 1.82) is 0 Å². The lowest BCUT2D eigenvalue weighted by molar-refractivity contribution is -0.160. The first-order valence-corrected chi connectivity index (χ1v) is 7.62. The summed E-state index contributed by atoms with van der Waals surface area (Å²) in [6.45, 7) is 2.19. The van der Waals surface area contributed by atoms with Gasteiger partial charge in [0.05, 0.1) is 0 Å². The number of aliphatic hydroxyl groups is 1. The van der Waals surface area contributed by atoms with E-state index in [2.05, 4.69) is 6.92 Å². The van der Waals surface area contributed by atoms with Crippen molar-refractivity contribution >= 4 is 5.97 Å². The molecule has 0 aromatic heterocycles. The van der Waals surface area contributed by atoms with E-state index in [0.717, 1.165) is 19.3 Å². The van der Waals surface area contributed by atoms with Gasteiger partial charge in [-0.15, -0.1) is 0 Å². The minimum Gasteiger partial charge on any atom is -0.479 e. The lowest BCUT2D eigenvalue weighted by Crippen LogP contribution is -2.35. The first-order chi connectivity index (χ1) is 9.61. The highest BCUT2D eigenvalue weighted by molar-refractivity contribution is 5.79. The zero-order chi connectivity index (χ0) is 14.8. The van der Waals surface area contributed by atoms with Crippen molar-refractivity contribution in [1.82, 2.24) is 0 Å². The quantitative estimate of drug-likeness (QED) is 0.633. The van der Waals surface area contributed by atoms with E-state index in [1.807, 2.05) is 6.07 Å². The fourth-order valence-corrected chi connectivity index (χ4v) is 2.43. The van der Waals surface area contributed by atoms with Crippen LogP contribution in [0.25, 0.3) is 0 Å². The van der Waals surface area contributed by atoms with Crippen LogP contribution in [0.3, 0.4) is 0 Å². The summed E-state index contributed by atoms with van der Waals surface area (Å²) in [6.07, 6.45) is 8.06. The van der Waals surface area contributed by atoms with Crippen LogP contribution in [0.15, 0.2) is 30.3 Å². The zero-order valence-electron chi connectivity index (χ0n) is 12.3. The molecule has 0 aliphatic carbocycles. The van der Waals surface area contributed by atoms with E-state index in [1.165, 1.54) is 25.7 Å². The number of hydrogen-bond donors (Lipinski definition) is 2. The maximum Gasteiger partial charge on any atom is 0.340 e.